The number of benzene rings is 1. The van der Waals surface area contributed by atoms with Gasteiger partial charge in [0.15, 0.2) is 0 Å². The molecule has 0 saturated carbocycles. The Morgan fingerprint density at radius 3 is 2.32 bits per heavy atom. The highest BCUT2D eigenvalue weighted by Gasteiger charge is 2.35. The summed E-state index contributed by atoms with van der Waals surface area (Å²) >= 11 is 0. The van der Waals surface area contributed by atoms with Crippen molar-refractivity contribution >= 4 is 11.4 Å². The molecule has 25 heavy (non-hydrogen) atoms. The summed E-state index contributed by atoms with van der Waals surface area (Å²) in [5.41, 5.74) is -1.64. The molecule has 0 aliphatic rings. The molecule has 0 bridgehead atoms. The molecule has 1 aromatic carbocycles. The maximum absolute atomic E-state index is 11.2. The minimum absolute atomic E-state index is 0.210. The van der Waals surface area contributed by atoms with Crippen molar-refractivity contribution in [1.29, 1.82) is 5.26 Å². The molecule has 0 radical (unpaired) electrons. The molecule has 1 unspecified atom stereocenters. The maximum atomic E-state index is 11.2. The maximum Gasteiger partial charge on any atom is 0.276 e. The van der Waals surface area contributed by atoms with Gasteiger partial charge in [-0.1, -0.05) is 19.8 Å². The van der Waals surface area contributed by atoms with Crippen molar-refractivity contribution in [3.05, 3.63) is 62.7 Å². The Hall–Kier alpha value is -3.28. The summed E-state index contributed by atoms with van der Waals surface area (Å²) in [6.45, 7) is 2.18. The largest absolute Gasteiger partial charge is 0.336 e. The third-order valence-corrected chi connectivity index (χ3v) is 4.06. The Bertz CT molecular complexity index is 780. The molecule has 0 amide bonds. The fourth-order valence-electron chi connectivity index (χ4n) is 2.72. The van der Waals surface area contributed by atoms with Crippen LogP contribution in [0.15, 0.2) is 36.9 Å². The molecule has 2 rings (SSSR count). The van der Waals surface area contributed by atoms with Crippen LogP contribution in [0.25, 0.3) is 0 Å². The van der Waals surface area contributed by atoms with Gasteiger partial charge in [0.25, 0.3) is 11.4 Å². The first-order valence-electron chi connectivity index (χ1n) is 7.73. The van der Waals surface area contributed by atoms with E-state index in [0.717, 1.165) is 12.5 Å². The minimum atomic E-state index is -1.12. The Morgan fingerprint density at radius 1 is 1.24 bits per heavy atom. The number of hydrogen-bond donors (Lipinski definition) is 0. The van der Waals surface area contributed by atoms with E-state index in [1.807, 2.05) is 6.92 Å². The molecule has 0 saturated heterocycles. The van der Waals surface area contributed by atoms with E-state index < -0.39 is 26.6 Å². The van der Waals surface area contributed by atoms with Gasteiger partial charge in [0.1, 0.15) is 5.41 Å². The molecule has 0 fully saturated rings. The van der Waals surface area contributed by atoms with Crippen LogP contribution in [0.1, 0.15) is 31.7 Å². The zero-order chi connectivity index (χ0) is 18.4. The number of nitriles is 1. The Balaban J connectivity index is 2.61. The SMILES string of the molecule is CCCCC(C#N)(Cn1ccnc1)c1cc([N+](=O)[O-])cc([N+](=O)[O-])c1. The quantitative estimate of drug-likeness (QED) is 0.534. The average Bonchev–Trinajstić information content (AvgIpc) is 3.11. The lowest BCUT2D eigenvalue weighted by Crippen LogP contribution is -2.30. The summed E-state index contributed by atoms with van der Waals surface area (Å²) in [6.07, 6.45) is 6.76. The highest BCUT2D eigenvalue weighted by molar-refractivity contribution is 5.50. The predicted molar refractivity (Wildman–Crippen MR) is 88.8 cm³/mol. The van der Waals surface area contributed by atoms with Gasteiger partial charge in [-0.2, -0.15) is 5.26 Å². The average molecular weight is 343 g/mol. The van der Waals surface area contributed by atoms with Gasteiger partial charge >= 0.3 is 0 Å². The second-order valence-corrected chi connectivity index (χ2v) is 5.78. The predicted octanol–water partition coefficient (Wildman–Crippen LogP) is 3.35. The van der Waals surface area contributed by atoms with E-state index in [2.05, 4.69) is 11.1 Å². The molecule has 2 aromatic rings. The number of nitro benzene ring substituents is 2. The van der Waals surface area contributed by atoms with Gasteiger partial charge in [-0.15, -0.1) is 0 Å². The lowest BCUT2D eigenvalue weighted by molar-refractivity contribution is -0.394. The molecule has 130 valence electrons. The fraction of sp³-hybridized carbons (Fsp3) is 0.375. The van der Waals surface area contributed by atoms with Crippen molar-refractivity contribution in [2.45, 2.75) is 38.1 Å². The summed E-state index contributed by atoms with van der Waals surface area (Å²) in [6, 6.07) is 5.65. The molecular weight excluding hydrogens is 326 g/mol. The topological polar surface area (TPSA) is 128 Å². The molecule has 0 spiro atoms. The zero-order valence-electron chi connectivity index (χ0n) is 13.7. The number of unbranched alkanes of at least 4 members (excludes halogenated alkanes) is 1. The van der Waals surface area contributed by atoms with Gasteiger partial charge in [0, 0.05) is 31.1 Å². The van der Waals surface area contributed by atoms with E-state index >= 15 is 0 Å². The van der Waals surface area contributed by atoms with Gasteiger partial charge in [0.2, 0.25) is 0 Å². The third kappa shape index (κ3) is 3.98. The summed E-state index contributed by atoms with van der Waals surface area (Å²) < 4.78 is 1.70. The second kappa shape index (κ2) is 7.53. The monoisotopic (exact) mass is 343 g/mol. The van der Waals surface area contributed by atoms with Crippen LogP contribution in [-0.4, -0.2) is 19.4 Å². The zero-order valence-corrected chi connectivity index (χ0v) is 13.7. The van der Waals surface area contributed by atoms with E-state index in [9.17, 15) is 25.5 Å². The number of nitro groups is 2. The molecule has 1 aromatic heterocycles. The van der Waals surface area contributed by atoms with Crippen LogP contribution in [0.3, 0.4) is 0 Å². The molecule has 9 heteroatoms. The van der Waals surface area contributed by atoms with Crippen LogP contribution in [-0.2, 0) is 12.0 Å². The van der Waals surface area contributed by atoms with Gasteiger partial charge in [0.05, 0.1) is 28.3 Å². The number of non-ortho nitro benzene ring substituents is 2. The van der Waals surface area contributed by atoms with Crippen LogP contribution >= 0.6 is 0 Å². The normalized spacial score (nSPS) is 13.0. The first kappa shape index (κ1) is 18.1. The number of imidazole rings is 1. The fourth-order valence-corrected chi connectivity index (χ4v) is 2.72. The van der Waals surface area contributed by atoms with E-state index in [-0.39, 0.29) is 12.1 Å². The lowest BCUT2D eigenvalue weighted by Gasteiger charge is -2.27. The van der Waals surface area contributed by atoms with E-state index in [1.165, 1.54) is 12.1 Å². The Kier molecular flexibility index (Phi) is 5.44. The van der Waals surface area contributed by atoms with Gasteiger partial charge < -0.3 is 4.57 Å². The number of aromatic nitrogens is 2. The van der Waals surface area contributed by atoms with Crippen molar-refractivity contribution in [2.75, 3.05) is 0 Å². The minimum Gasteiger partial charge on any atom is -0.336 e. The first-order chi connectivity index (χ1) is 11.9. The van der Waals surface area contributed by atoms with Crippen LogP contribution in [0, 0.1) is 31.6 Å². The summed E-state index contributed by atoms with van der Waals surface area (Å²) in [7, 11) is 0. The van der Waals surface area contributed by atoms with E-state index in [4.69, 9.17) is 0 Å². The summed E-state index contributed by atoms with van der Waals surface area (Å²) in [5, 5.41) is 32.2. The summed E-state index contributed by atoms with van der Waals surface area (Å²) in [4.78, 5) is 24.9. The summed E-state index contributed by atoms with van der Waals surface area (Å²) in [5.74, 6) is 0. The van der Waals surface area contributed by atoms with Gasteiger partial charge in [-0.25, -0.2) is 4.98 Å². The Morgan fingerprint density at radius 2 is 1.88 bits per heavy atom. The number of nitrogens with zero attached hydrogens (tertiary/aromatic N) is 5. The van der Waals surface area contributed by atoms with Crippen molar-refractivity contribution in [3.63, 3.8) is 0 Å². The van der Waals surface area contributed by atoms with Crippen LogP contribution in [0.2, 0.25) is 0 Å². The second-order valence-electron chi connectivity index (χ2n) is 5.78. The van der Waals surface area contributed by atoms with Crippen LogP contribution in [0.4, 0.5) is 11.4 Å². The first-order valence-corrected chi connectivity index (χ1v) is 7.73. The van der Waals surface area contributed by atoms with E-state index in [0.29, 0.717) is 12.8 Å². The molecular formula is C16H17N5O4. The van der Waals surface area contributed by atoms with Gasteiger partial charge in [-0.3, -0.25) is 20.2 Å². The standard InChI is InChI=1S/C16H17N5O4/c1-2-3-4-16(10-17,11-19-6-5-18-12-19)13-7-14(20(22)23)9-15(8-13)21(24)25/h5-9,12H,2-4,11H2,1H3. The highest BCUT2D eigenvalue weighted by atomic mass is 16.6. The van der Waals surface area contributed by atoms with Crippen molar-refractivity contribution in [1.82, 2.24) is 9.55 Å². The van der Waals surface area contributed by atoms with Crippen LogP contribution in [0.5, 0.6) is 0 Å². The number of rotatable bonds is 8. The van der Waals surface area contributed by atoms with Gasteiger partial charge in [-0.05, 0) is 12.0 Å². The third-order valence-electron chi connectivity index (χ3n) is 4.06. The molecule has 1 atom stereocenters. The van der Waals surface area contributed by atoms with Crippen molar-refractivity contribution in [2.24, 2.45) is 0 Å². The smallest absolute Gasteiger partial charge is 0.276 e. The van der Waals surface area contributed by atoms with Crippen molar-refractivity contribution < 1.29 is 9.85 Å². The van der Waals surface area contributed by atoms with Crippen molar-refractivity contribution in [3.8, 4) is 6.07 Å². The highest BCUT2D eigenvalue weighted by Crippen LogP contribution is 2.36. The molecule has 0 aliphatic carbocycles. The molecule has 9 nitrogen and oxygen atoms in total. The lowest BCUT2D eigenvalue weighted by atomic mass is 9.77. The molecule has 1 heterocycles. The molecule has 0 N–H and O–H groups in total. The number of hydrogen-bond acceptors (Lipinski definition) is 6. The van der Waals surface area contributed by atoms with E-state index in [1.54, 1.807) is 23.3 Å². The molecule has 0 aliphatic heterocycles. The van der Waals surface area contributed by atoms with Crippen LogP contribution < -0.4 is 0 Å². The Labute approximate surface area is 143 Å².